The van der Waals surface area contributed by atoms with Gasteiger partial charge in [-0.1, -0.05) is 48.0 Å². The molecule has 0 N–H and O–H groups in total. The number of fused-ring (bicyclic) bond motifs is 1. The molecule has 3 nitrogen and oxygen atoms in total. The monoisotopic (exact) mass is 311 g/mol. The van der Waals surface area contributed by atoms with E-state index in [1.807, 2.05) is 36.4 Å². The highest BCUT2D eigenvalue weighted by Crippen LogP contribution is 2.34. The number of esters is 1. The van der Waals surface area contributed by atoms with Crippen molar-refractivity contribution in [1.82, 2.24) is 4.98 Å². The molecule has 0 bridgehead atoms. The van der Waals surface area contributed by atoms with E-state index in [2.05, 4.69) is 4.98 Å². The first-order valence-corrected chi connectivity index (χ1v) is 7.23. The molecule has 0 saturated heterocycles. The van der Waals surface area contributed by atoms with Crippen molar-refractivity contribution in [2.75, 3.05) is 7.11 Å². The number of ether oxygens (including phenoxy) is 1. The van der Waals surface area contributed by atoms with Crippen LogP contribution < -0.4 is 0 Å². The van der Waals surface area contributed by atoms with Crippen molar-refractivity contribution in [3.05, 3.63) is 64.8 Å². The van der Waals surface area contributed by atoms with Crippen molar-refractivity contribution in [3.8, 4) is 11.1 Å². The zero-order valence-electron chi connectivity index (χ0n) is 12.3. The van der Waals surface area contributed by atoms with Gasteiger partial charge in [0.2, 0.25) is 0 Å². The number of pyridine rings is 1. The van der Waals surface area contributed by atoms with Crippen LogP contribution in [0.4, 0.5) is 0 Å². The van der Waals surface area contributed by atoms with Crippen molar-refractivity contribution in [2.45, 2.75) is 6.92 Å². The lowest BCUT2D eigenvalue weighted by molar-refractivity contribution is 0.0600. The molecule has 2 aromatic carbocycles. The van der Waals surface area contributed by atoms with E-state index in [-0.39, 0.29) is 5.97 Å². The Kier molecular flexibility index (Phi) is 3.82. The number of aryl methyl sites for hydroxylation is 1. The lowest BCUT2D eigenvalue weighted by Gasteiger charge is -2.14. The smallest absolute Gasteiger partial charge is 0.340 e. The number of rotatable bonds is 2. The van der Waals surface area contributed by atoms with Crippen LogP contribution in [0, 0.1) is 6.92 Å². The van der Waals surface area contributed by atoms with Gasteiger partial charge in [-0.2, -0.15) is 0 Å². The second-order valence-corrected chi connectivity index (χ2v) is 5.40. The Hall–Kier alpha value is -2.39. The van der Waals surface area contributed by atoms with Gasteiger partial charge in [-0.15, -0.1) is 0 Å². The summed E-state index contributed by atoms with van der Waals surface area (Å²) in [7, 11) is 1.38. The van der Waals surface area contributed by atoms with E-state index in [4.69, 9.17) is 16.3 Å². The zero-order chi connectivity index (χ0) is 15.7. The highest BCUT2D eigenvalue weighted by Gasteiger charge is 2.20. The van der Waals surface area contributed by atoms with Crippen molar-refractivity contribution in [2.24, 2.45) is 0 Å². The Morgan fingerprint density at radius 3 is 2.55 bits per heavy atom. The number of halogens is 1. The minimum absolute atomic E-state index is 0.388. The Bertz CT molecular complexity index is 860. The summed E-state index contributed by atoms with van der Waals surface area (Å²) in [6, 6.07) is 15.2. The van der Waals surface area contributed by atoms with Gasteiger partial charge in [0.15, 0.2) is 0 Å². The molecule has 0 spiro atoms. The minimum atomic E-state index is -0.388. The van der Waals surface area contributed by atoms with Gasteiger partial charge < -0.3 is 4.74 Å². The van der Waals surface area contributed by atoms with E-state index in [1.165, 1.54) is 7.11 Å². The second kappa shape index (κ2) is 5.78. The first-order valence-electron chi connectivity index (χ1n) is 6.85. The molecule has 0 saturated carbocycles. The lowest BCUT2D eigenvalue weighted by atomic mass is 9.94. The highest BCUT2D eigenvalue weighted by atomic mass is 35.5. The normalized spacial score (nSPS) is 10.7. The Morgan fingerprint density at radius 2 is 1.86 bits per heavy atom. The number of methoxy groups -OCH3 is 1. The predicted molar refractivity (Wildman–Crippen MR) is 88.3 cm³/mol. The molecule has 0 fully saturated rings. The van der Waals surface area contributed by atoms with Crippen LogP contribution in [0.25, 0.3) is 22.0 Å². The molecule has 0 aliphatic heterocycles. The largest absolute Gasteiger partial charge is 0.465 e. The summed E-state index contributed by atoms with van der Waals surface area (Å²) in [6.07, 6.45) is 0. The zero-order valence-corrected chi connectivity index (χ0v) is 13.0. The van der Waals surface area contributed by atoms with Crippen molar-refractivity contribution >= 4 is 28.5 Å². The number of hydrogen-bond donors (Lipinski definition) is 0. The topological polar surface area (TPSA) is 39.2 Å². The molecule has 3 aromatic rings. The fourth-order valence-corrected chi connectivity index (χ4v) is 2.78. The van der Waals surface area contributed by atoms with E-state index in [0.717, 1.165) is 22.0 Å². The first-order chi connectivity index (χ1) is 10.6. The Morgan fingerprint density at radius 1 is 1.14 bits per heavy atom. The summed E-state index contributed by atoms with van der Waals surface area (Å²) in [5.74, 6) is -0.388. The summed E-state index contributed by atoms with van der Waals surface area (Å²) in [5.41, 5.74) is 3.65. The molecule has 0 aliphatic rings. The standard InChI is InChI=1S/C18H14ClNO2/c1-11-16(18(21)22-2)17(12-6-4-3-5-7-12)14-9-8-13(19)10-15(14)20-11/h3-10H,1-2H3. The van der Waals surface area contributed by atoms with Gasteiger partial charge >= 0.3 is 5.97 Å². The second-order valence-electron chi connectivity index (χ2n) is 4.97. The quantitative estimate of drug-likeness (QED) is 0.647. The van der Waals surface area contributed by atoms with E-state index < -0.39 is 0 Å². The molecule has 1 heterocycles. The summed E-state index contributed by atoms with van der Waals surface area (Å²) in [6.45, 7) is 1.80. The van der Waals surface area contributed by atoms with E-state index in [9.17, 15) is 4.79 Å². The van der Waals surface area contributed by atoms with Gasteiger partial charge in [0.05, 0.1) is 23.9 Å². The molecule has 0 unspecified atom stereocenters. The van der Waals surface area contributed by atoms with Gasteiger partial charge in [-0.3, -0.25) is 4.98 Å². The number of hydrogen-bond acceptors (Lipinski definition) is 3. The summed E-state index contributed by atoms with van der Waals surface area (Å²) >= 11 is 6.07. The van der Waals surface area contributed by atoms with Crippen LogP contribution in [0.5, 0.6) is 0 Å². The van der Waals surface area contributed by atoms with E-state index in [1.54, 1.807) is 19.1 Å². The van der Waals surface area contributed by atoms with Crippen LogP contribution in [-0.4, -0.2) is 18.1 Å². The molecule has 0 amide bonds. The molecule has 4 heteroatoms. The van der Waals surface area contributed by atoms with Gasteiger partial charge in [-0.05, 0) is 24.6 Å². The van der Waals surface area contributed by atoms with Crippen LogP contribution in [0.1, 0.15) is 16.1 Å². The van der Waals surface area contributed by atoms with Gasteiger partial charge in [-0.25, -0.2) is 4.79 Å². The molecule has 0 radical (unpaired) electrons. The molecule has 0 atom stereocenters. The maximum atomic E-state index is 12.3. The number of aromatic nitrogens is 1. The summed E-state index contributed by atoms with van der Waals surface area (Å²) in [4.78, 5) is 16.8. The minimum Gasteiger partial charge on any atom is -0.465 e. The fourth-order valence-electron chi connectivity index (χ4n) is 2.62. The SMILES string of the molecule is COC(=O)c1c(C)nc2cc(Cl)ccc2c1-c1ccccc1. The molecule has 0 aliphatic carbocycles. The van der Waals surface area contributed by atoms with Gasteiger partial charge in [0.1, 0.15) is 0 Å². The van der Waals surface area contributed by atoms with Crippen molar-refractivity contribution < 1.29 is 9.53 Å². The fraction of sp³-hybridized carbons (Fsp3) is 0.111. The molecule has 3 rings (SSSR count). The third-order valence-electron chi connectivity index (χ3n) is 3.58. The number of carbonyl (C=O) groups excluding carboxylic acids is 1. The van der Waals surface area contributed by atoms with Gasteiger partial charge in [0, 0.05) is 16.0 Å². The van der Waals surface area contributed by atoms with Crippen molar-refractivity contribution in [3.63, 3.8) is 0 Å². The van der Waals surface area contributed by atoms with Crippen LogP contribution >= 0.6 is 11.6 Å². The van der Waals surface area contributed by atoms with Crippen molar-refractivity contribution in [1.29, 1.82) is 0 Å². The molecule has 22 heavy (non-hydrogen) atoms. The first kappa shape index (κ1) is 14.5. The third kappa shape index (κ3) is 2.44. The maximum absolute atomic E-state index is 12.3. The van der Waals surface area contributed by atoms with E-state index >= 15 is 0 Å². The van der Waals surface area contributed by atoms with Gasteiger partial charge in [0.25, 0.3) is 0 Å². The average molecular weight is 312 g/mol. The maximum Gasteiger partial charge on any atom is 0.340 e. The Labute approximate surface area is 133 Å². The molecule has 110 valence electrons. The number of carbonyl (C=O) groups is 1. The molecular formula is C18H14ClNO2. The highest BCUT2D eigenvalue weighted by molar-refractivity contribution is 6.31. The van der Waals surface area contributed by atoms with Crippen LogP contribution in [0.2, 0.25) is 5.02 Å². The van der Waals surface area contributed by atoms with Crippen LogP contribution in [-0.2, 0) is 4.74 Å². The third-order valence-corrected chi connectivity index (χ3v) is 3.82. The van der Waals surface area contributed by atoms with E-state index in [0.29, 0.717) is 16.3 Å². The number of nitrogens with zero attached hydrogens (tertiary/aromatic N) is 1. The lowest BCUT2D eigenvalue weighted by Crippen LogP contribution is -2.08. The molecular weight excluding hydrogens is 298 g/mol. The van der Waals surface area contributed by atoms with Crippen LogP contribution in [0.15, 0.2) is 48.5 Å². The number of benzene rings is 2. The van der Waals surface area contributed by atoms with Crippen LogP contribution in [0.3, 0.4) is 0 Å². The summed E-state index contributed by atoms with van der Waals surface area (Å²) < 4.78 is 4.95. The Balaban J connectivity index is 2.45. The average Bonchev–Trinajstić information content (AvgIpc) is 2.53. The molecule has 1 aromatic heterocycles. The summed E-state index contributed by atoms with van der Waals surface area (Å²) in [5, 5.41) is 1.49. The predicted octanol–water partition coefficient (Wildman–Crippen LogP) is 4.65.